The zero-order chi connectivity index (χ0) is 19.5. The van der Waals surface area contributed by atoms with Gasteiger partial charge in [0.05, 0.1) is 12.6 Å². The summed E-state index contributed by atoms with van der Waals surface area (Å²) in [5.41, 5.74) is 0.579. The molecule has 0 amide bonds. The van der Waals surface area contributed by atoms with Gasteiger partial charge in [0.1, 0.15) is 5.75 Å². The summed E-state index contributed by atoms with van der Waals surface area (Å²) in [4.78, 5) is 4.37. The number of hydrogen-bond acceptors (Lipinski definition) is 4. The lowest BCUT2D eigenvalue weighted by Gasteiger charge is -2.14. The Bertz CT molecular complexity index is 678. The van der Waals surface area contributed by atoms with Gasteiger partial charge in [-0.05, 0) is 37.1 Å². The number of aromatic nitrogens is 2. The second-order valence-electron chi connectivity index (χ2n) is 5.73. The molecule has 1 heterocycles. The van der Waals surface area contributed by atoms with E-state index in [9.17, 15) is 13.9 Å². The van der Waals surface area contributed by atoms with Gasteiger partial charge in [0.2, 0.25) is 0 Å². The number of benzene rings is 1. The maximum atomic E-state index is 12.2. The molecule has 148 valence electrons. The van der Waals surface area contributed by atoms with E-state index in [2.05, 4.69) is 25.5 Å². The Balaban J connectivity index is 1.81. The number of rotatable bonds is 10. The Labute approximate surface area is 157 Å². The van der Waals surface area contributed by atoms with E-state index >= 15 is 0 Å². The number of aliphatic hydroxyl groups excluding tert-OH is 1. The van der Waals surface area contributed by atoms with Gasteiger partial charge in [-0.2, -0.15) is 13.9 Å². The molecule has 0 fully saturated rings. The second-order valence-corrected chi connectivity index (χ2v) is 5.73. The normalized spacial score (nSPS) is 12.9. The van der Waals surface area contributed by atoms with Crippen LogP contribution in [0.1, 0.15) is 25.0 Å². The van der Waals surface area contributed by atoms with Crippen molar-refractivity contribution in [1.29, 1.82) is 0 Å². The molecule has 27 heavy (non-hydrogen) atoms. The lowest BCUT2D eigenvalue weighted by Crippen LogP contribution is -2.38. The van der Waals surface area contributed by atoms with E-state index in [-0.39, 0.29) is 12.3 Å². The van der Waals surface area contributed by atoms with Gasteiger partial charge in [-0.15, -0.1) is 0 Å². The summed E-state index contributed by atoms with van der Waals surface area (Å²) in [6.45, 7) is 1.44. The molecule has 2 aromatic rings. The maximum Gasteiger partial charge on any atom is 0.387 e. The zero-order valence-corrected chi connectivity index (χ0v) is 15.2. The lowest BCUT2D eigenvalue weighted by molar-refractivity contribution is -0.0498. The highest BCUT2D eigenvalue weighted by atomic mass is 19.3. The molecule has 0 radical (unpaired) electrons. The standard InChI is InChI=1S/C18H25F2N5O2/c1-2-21-18(22-9-3-11-25-12-4-10-24-25)23-13-16(26)14-5-7-15(8-6-14)27-17(19)20/h4-8,10,12,16-17,26H,2-3,9,11,13H2,1H3,(H2,21,22,23). The third-order valence-corrected chi connectivity index (χ3v) is 3.67. The summed E-state index contributed by atoms with van der Waals surface area (Å²) in [6.07, 6.45) is 3.69. The van der Waals surface area contributed by atoms with Crippen LogP contribution in [0, 0.1) is 0 Å². The van der Waals surface area contributed by atoms with Crippen LogP contribution >= 0.6 is 0 Å². The van der Waals surface area contributed by atoms with Crippen LogP contribution in [0.5, 0.6) is 5.75 Å². The third kappa shape index (κ3) is 7.61. The molecule has 0 aliphatic rings. The number of hydrogen-bond donors (Lipinski definition) is 3. The van der Waals surface area contributed by atoms with Crippen molar-refractivity contribution in [2.24, 2.45) is 4.99 Å². The molecular weight excluding hydrogens is 356 g/mol. The van der Waals surface area contributed by atoms with Gasteiger partial charge in [-0.25, -0.2) is 0 Å². The SMILES string of the molecule is CCNC(=NCC(O)c1ccc(OC(F)F)cc1)NCCCn1cccn1. The predicted molar refractivity (Wildman–Crippen MR) is 98.9 cm³/mol. The maximum absolute atomic E-state index is 12.2. The number of alkyl halides is 2. The van der Waals surface area contributed by atoms with E-state index in [1.807, 2.05) is 23.9 Å². The molecule has 1 aromatic carbocycles. The van der Waals surface area contributed by atoms with Gasteiger partial charge >= 0.3 is 6.61 Å². The van der Waals surface area contributed by atoms with E-state index in [1.54, 1.807) is 18.3 Å². The van der Waals surface area contributed by atoms with Crippen molar-refractivity contribution in [1.82, 2.24) is 20.4 Å². The molecule has 1 aromatic heterocycles. The first kappa shape index (κ1) is 20.6. The molecule has 0 spiro atoms. The molecule has 1 atom stereocenters. The number of nitrogens with one attached hydrogen (secondary N) is 2. The Hall–Kier alpha value is -2.68. The molecule has 3 N–H and O–H groups in total. The molecule has 2 rings (SSSR count). The summed E-state index contributed by atoms with van der Waals surface area (Å²) >= 11 is 0. The molecule has 9 heteroatoms. The first-order valence-corrected chi connectivity index (χ1v) is 8.81. The number of guanidine groups is 1. The van der Waals surface area contributed by atoms with E-state index in [4.69, 9.17) is 0 Å². The van der Waals surface area contributed by atoms with Crippen molar-refractivity contribution in [2.75, 3.05) is 19.6 Å². The van der Waals surface area contributed by atoms with Crippen LogP contribution < -0.4 is 15.4 Å². The number of aliphatic hydroxyl groups is 1. The van der Waals surface area contributed by atoms with E-state index in [0.717, 1.165) is 13.0 Å². The van der Waals surface area contributed by atoms with Crippen LogP contribution in [0.2, 0.25) is 0 Å². The molecular formula is C18H25F2N5O2. The van der Waals surface area contributed by atoms with Crippen molar-refractivity contribution in [2.45, 2.75) is 32.6 Å². The van der Waals surface area contributed by atoms with E-state index < -0.39 is 12.7 Å². The smallest absolute Gasteiger partial charge is 0.387 e. The number of ether oxygens (including phenoxy) is 1. The molecule has 0 bridgehead atoms. The summed E-state index contributed by atoms with van der Waals surface area (Å²) in [6, 6.07) is 7.76. The van der Waals surface area contributed by atoms with Crippen LogP contribution in [-0.4, -0.2) is 47.1 Å². The third-order valence-electron chi connectivity index (χ3n) is 3.67. The monoisotopic (exact) mass is 381 g/mol. The van der Waals surface area contributed by atoms with Gasteiger partial charge in [0.25, 0.3) is 0 Å². The first-order chi connectivity index (χ1) is 13.1. The first-order valence-electron chi connectivity index (χ1n) is 8.81. The van der Waals surface area contributed by atoms with Gasteiger partial charge in [-0.1, -0.05) is 12.1 Å². The Kier molecular flexibility index (Phi) is 8.50. The van der Waals surface area contributed by atoms with Crippen molar-refractivity contribution in [3.8, 4) is 5.75 Å². The highest BCUT2D eigenvalue weighted by Gasteiger charge is 2.09. The molecule has 0 aliphatic carbocycles. The van der Waals surface area contributed by atoms with Crippen molar-refractivity contribution in [3.63, 3.8) is 0 Å². The molecule has 0 saturated heterocycles. The largest absolute Gasteiger partial charge is 0.435 e. The van der Waals surface area contributed by atoms with Crippen LogP contribution in [-0.2, 0) is 6.54 Å². The van der Waals surface area contributed by atoms with Crippen LogP contribution in [0.15, 0.2) is 47.7 Å². The second kappa shape index (κ2) is 11.1. The predicted octanol–water partition coefficient (Wildman–Crippen LogP) is 2.16. The Morgan fingerprint density at radius 2 is 2.07 bits per heavy atom. The average molecular weight is 381 g/mol. The zero-order valence-electron chi connectivity index (χ0n) is 15.2. The molecule has 0 aliphatic heterocycles. The fourth-order valence-electron chi connectivity index (χ4n) is 2.38. The van der Waals surface area contributed by atoms with Gasteiger partial charge in [0.15, 0.2) is 5.96 Å². The minimum atomic E-state index is -2.87. The van der Waals surface area contributed by atoms with Gasteiger partial charge in [-0.3, -0.25) is 9.67 Å². The van der Waals surface area contributed by atoms with Gasteiger partial charge in [0, 0.05) is 32.0 Å². The Morgan fingerprint density at radius 3 is 2.70 bits per heavy atom. The van der Waals surface area contributed by atoms with E-state index in [1.165, 1.54) is 12.1 Å². The molecule has 7 nitrogen and oxygen atoms in total. The van der Waals surface area contributed by atoms with E-state index in [0.29, 0.717) is 24.6 Å². The highest BCUT2D eigenvalue weighted by molar-refractivity contribution is 5.79. The molecule has 0 saturated carbocycles. The van der Waals surface area contributed by atoms with Crippen LogP contribution in [0.25, 0.3) is 0 Å². The lowest BCUT2D eigenvalue weighted by atomic mass is 10.1. The van der Waals surface area contributed by atoms with Crippen molar-refractivity contribution >= 4 is 5.96 Å². The fourth-order valence-corrected chi connectivity index (χ4v) is 2.38. The number of nitrogens with zero attached hydrogens (tertiary/aromatic N) is 3. The highest BCUT2D eigenvalue weighted by Crippen LogP contribution is 2.19. The van der Waals surface area contributed by atoms with Crippen LogP contribution in [0.3, 0.4) is 0 Å². The summed E-state index contributed by atoms with van der Waals surface area (Å²) < 4.78 is 30.5. The number of aryl methyl sites for hydroxylation is 1. The number of halogens is 2. The summed E-state index contributed by atoms with van der Waals surface area (Å²) in [5.74, 6) is 0.659. The topological polar surface area (TPSA) is 83.7 Å². The van der Waals surface area contributed by atoms with Crippen molar-refractivity contribution < 1.29 is 18.6 Å². The average Bonchev–Trinajstić information content (AvgIpc) is 3.16. The summed E-state index contributed by atoms with van der Waals surface area (Å²) in [7, 11) is 0. The van der Waals surface area contributed by atoms with Crippen LogP contribution in [0.4, 0.5) is 8.78 Å². The quantitative estimate of drug-likeness (QED) is 0.334. The summed E-state index contributed by atoms with van der Waals surface area (Å²) in [5, 5.41) is 20.7. The van der Waals surface area contributed by atoms with Gasteiger partial charge < -0.3 is 20.5 Å². The molecule has 1 unspecified atom stereocenters. The van der Waals surface area contributed by atoms with Crippen molar-refractivity contribution in [3.05, 3.63) is 48.3 Å². The minimum Gasteiger partial charge on any atom is -0.435 e. The Morgan fingerprint density at radius 1 is 1.30 bits per heavy atom. The fraction of sp³-hybridized carbons (Fsp3) is 0.444. The number of aliphatic imine (C=N–C) groups is 1. The minimum absolute atomic E-state index is 0.0524.